The molecule has 0 atom stereocenters. The normalized spacial score (nSPS) is 14.2. The molecular weight excluding hydrogens is 268 g/mol. The molecule has 1 saturated carbocycles. The Morgan fingerprint density at radius 3 is 2.94 bits per heavy atom. The molecule has 16 heavy (non-hydrogen) atoms. The lowest BCUT2D eigenvalue weighted by atomic mass is 10.2. The molecule has 0 radical (unpaired) electrons. The second-order valence-corrected chi connectivity index (χ2v) is 4.91. The standard InChI is InChI=1S/C12H11BrN2O/c13-10-4-3-9(7-14)11(6-10)15-12(16)5-8-1-2-8/h3-4,6,8H,1-2,5H2,(H,15,16). The molecule has 0 heterocycles. The number of nitriles is 1. The van der Waals surface area contributed by atoms with Crippen molar-refractivity contribution in [3.8, 4) is 6.07 Å². The first-order valence-electron chi connectivity index (χ1n) is 5.18. The Bertz CT molecular complexity index is 461. The van der Waals surface area contributed by atoms with Crippen LogP contribution < -0.4 is 5.32 Å². The fourth-order valence-corrected chi connectivity index (χ4v) is 1.86. The highest BCUT2D eigenvalue weighted by Gasteiger charge is 2.24. The molecule has 0 aliphatic heterocycles. The van der Waals surface area contributed by atoms with Crippen LogP contribution in [0.2, 0.25) is 0 Å². The van der Waals surface area contributed by atoms with Crippen molar-refractivity contribution in [2.24, 2.45) is 5.92 Å². The molecule has 4 heteroatoms. The van der Waals surface area contributed by atoms with Gasteiger partial charge in [-0.15, -0.1) is 0 Å². The molecule has 1 aliphatic rings. The minimum Gasteiger partial charge on any atom is -0.325 e. The maximum absolute atomic E-state index is 11.6. The minimum absolute atomic E-state index is 0.00269. The zero-order valence-corrected chi connectivity index (χ0v) is 10.3. The number of halogens is 1. The molecule has 2 rings (SSSR count). The number of anilines is 1. The summed E-state index contributed by atoms with van der Waals surface area (Å²) in [5, 5.41) is 11.7. The first-order valence-corrected chi connectivity index (χ1v) is 5.98. The van der Waals surface area contributed by atoms with E-state index in [0.29, 0.717) is 23.6 Å². The molecule has 1 aromatic carbocycles. The van der Waals surface area contributed by atoms with Gasteiger partial charge in [0.25, 0.3) is 0 Å². The van der Waals surface area contributed by atoms with Crippen molar-refractivity contribution in [3.63, 3.8) is 0 Å². The SMILES string of the molecule is N#Cc1ccc(Br)cc1NC(=O)CC1CC1. The summed E-state index contributed by atoms with van der Waals surface area (Å²) in [5.74, 6) is 0.551. The molecular formula is C12H11BrN2O. The maximum atomic E-state index is 11.6. The summed E-state index contributed by atoms with van der Waals surface area (Å²) < 4.78 is 0.855. The number of carbonyl (C=O) groups is 1. The molecule has 0 spiro atoms. The van der Waals surface area contributed by atoms with Gasteiger partial charge in [-0.05, 0) is 37.0 Å². The average molecular weight is 279 g/mol. The van der Waals surface area contributed by atoms with Crippen LogP contribution in [0.1, 0.15) is 24.8 Å². The lowest BCUT2D eigenvalue weighted by molar-refractivity contribution is -0.116. The number of rotatable bonds is 3. The highest BCUT2D eigenvalue weighted by atomic mass is 79.9. The first kappa shape index (κ1) is 11.2. The Kier molecular flexibility index (Phi) is 3.25. The summed E-state index contributed by atoms with van der Waals surface area (Å²) in [5.41, 5.74) is 1.08. The number of amides is 1. The van der Waals surface area contributed by atoms with Gasteiger partial charge < -0.3 is 5.32 Å². The highest BCUT2D eigenvalue weighted by molar-refractivity contribution is 9.10. The number of nitrogens with zero attached hydrogens (tertiary/aromatic N) is 1. The predicted octanol–water partition coefficient (Wildman–Crippen LogP) is 3.06. The van der Waals surface area contributed by atoms with E-state index in [1.165, 1.54) is 0 Å². The molecule has 1 fully saturated rings. The fourth-order valence-electron chi connectivity index (χ4n) is 1.50. The van der Waals surface area contributed by atoms with E-state index in [-0.39, 0.29) is 5.91 Å². The number of carbonyl (C=O) groups excluding carboxylic acids is 1. The number of benzene rings is 1. The molecule has 0 unspecified atom stereocenters. The molecule has 1 aliphatic carbocycles. The smallest absolute Gasteiger partial charge is 0.224 e. The van der Waals surface area contributed by atoms with Gasteiger partial charge in [0.2, 0.25) is 5.91 Å². The van der Waals surface area contributed by atoms with E-state index in [2.05, 4.69) is 27.3 Å². The average Bonchev–Trinajstić information content (AvgIpc) is 3.02. The number of nitrogens with one attached hydrogen (secondary N) is 1. The van der Waals surface area contributed by atoms with E-state index in [4.69, 9.17) is 5.26 Å². The van der Waals surface area contributed by atoms with Crippen molar-refractivity contribution in [2.45, 2.75) is 19.3 Å². The van der Waals surface area contributed by atoms with E-state index >= 15 is 0 Å². The third-order valence-electron chi connectivity index (χ3n) is 2.55. The molecule has 1 amide bonds. The van der Waals surface area contributed by atoms with Crippen LogP contribution in [0.5, 0.6) is 0 Å². The second-order valence-electron chi connectivity index (χ2n) is 4.00. The van der Waals surface area contributed by atoms with Crippen molar-refractivity contribution in [2.75, 3.05) is 5.32 Å². The van der Waals surface area contributed by atoms with Crippen molar-refractivity contribution in [1.82, 2.24) is 0 Å². The monoisotopic (exact) mass is 278 g/mol. The predicted molar refractivity (Wildman–Crippen MR) is 64.8 cm³/mol. The van der Waals surface area contributed by atoms with E-state index in [1.807, 2.05) is 0 Å². The topological polar surface area (TPSA) is 52.9 Å². The Morgan fingerprint density at radius 1 is 1.56 bits per heavy atom. The van der Waals surface area contributed by atoms with E-state index < -0.39 is 0 Å². The molecule has 0 saturated heterocycles. The molecule has 1 aromatic rings. The maximum Gasteiger partial charge on any atom is 0.224 e. The Morgan fingerprint density at radius 2 is 2.31 bits per heavy atom. The summed E-state index contributed by atoms with van der Waals surface area (Å²) in [7, 11) is 0. The van der Waals surface area contributed by atoms with E-state index in [0.717, 1.165) is 17.3 Å². The van der Waals surface area contributed by atoms with Gasteiger partial charge in [-0.25, -0.2) is 0 Å². The van der Waals surface area contributed by atoms with Gasteiger partial charge in [-0.3, -0.25) is 4.79 Å². The molecule has 82 valence electrons. The largest absolute Gasteiger partial charge is 0.325 e. The lowest BCUT2D eigenvalue weighted by Gasteiger charge is -2.06. The van der Waals surface area contributed by atoms with Crippen molar-refractivity contribution >= 4 is 27.5 Å². The second kappa shape index (κ2) is 4.67. The first-order chi connectivity index (χ1) is 7.69. The molecule has 3 nitrogen and oxygen atoms in total. The summed E-state index contributed by atoms with van der Waals surface area (Å²) in [6.07, 6.45) is 2.87. The van der Waals surface area contributed by atoms with Crippen LogP contribution in [-0.2, 0) is 4.79 Å². The summed E-state index contributed by atoms with van der Waals surface area (Å²) >= 11 is 3.32. The van der Waals surface area contributed by atoms with Gasteiger partial charge in [0.05, 0.1) is 11.3 Å². The summed E-state index contributed by atoms with van der Waals surface area (Å²) in [4.78, 5) is 11.6. The molecule has 1 N–H and O–H groups in total. The Hall–Kier alpha value is -1.34. The number of hydrogen-bond donors (Lipinski definition) is 1. The van der Waals surface area contributed by atoms with Crippen LogP contribution in [0.25, 0.3) is 0 Å². The van der Waals surface area contributed by atoms with Crippen LogP contribution in [0.4, 0.5) is 5.69 Å². The van der Waals surface area contributed by atoms with Gasteiger partial charge in [0, 0.05) is 10.9 Å². The van der Waals surface area contributed by atoms with E-state index in [1.54, 1.807) is 18.2 Å². The molecule has 0 aromatic heterocycles. The van der Waals surface area contributed by atoms with Gasteiger partial charge >= 0.3 is 0 Å². The highest BCUT2D eigenvalue weighted by Crippen LogP contribution is 2.32. The van der Waals surface area contributed by atoms with Gasteiger partial charge in [0.15, 0.2) is 0 Å². The van der Waals surface area contributed by atoms with E-state index in [9.17, 15) is 4.79 Å². The van der Waals surface area contributed by atoms with Crippen LogP contribution in [-0.4, -0.2) is 5.91 Å². The quantitative estimate of drug-likeness (QED) is 0.924. The van der Waals surface area contributed by atoms with Gasteiger partial charge in [-0.1, -0.05) is 15.9 Å². The molecule has 0 bridgehead atoms. The third-order valence-corrected chi connectivity index (χ3v) is 3.04. The van der Waals surface area contributed by atoms with Gasteiger partial charge in [-0.2, -0.15) is 5.26 Å². The zero-order valence-electron chi connectivity index (χ0n) is 8.66. The van der Waals surface area contributed by atoms with Crippen LogP contribution in [0.3, 0.4) is 0 Å². The zero-order chi connectivity index (χ0) is 11.5. The Balaban J connectivity index is 2.09. The minimum atomic E-state index is -0.00269. The summed E-state index contributed by atoms with van der Waals surface area (Å²) in [6, 6.07) is 7.29. The van der Waals surface area contributed by atoms with Gasteiger partial charge in [0.1, 0.15) is 6.07 Å². The van der Waals surface area contributed by atoms with Crippen molar-refractivity contribution < 1.29 is 4.79 Å². The lowest BCUT2D eigenvalue weighted by Crippen LogP contribution is -2.12. The Labute approximate surface area is 103 Å². The van der Waals surface area contributed by atoms with Crippen LogP contribution in [0.15, 0.2) is 22.7 Å². The van der Waals surface area contributed by atoms with Crippen LogP contribution >= 0.6 is 15.9 Å². The van der Waals surface area contributed by atoms with Crippen LogP contribution in [0, 0.1) is 17.2 Å². The van der Waals surface area contributed by atoms with Crippen molar-refractivity contribution in [1.29, 1.82) is 5.26 Å². The van der Waals surface area contributed by atoms with Crippen molar-refractivity contribution in [3.05, 3.63) is 28.2 Å². The third kappa shape index (κ3) is 2.83. The fraction of sp³-hybridized carbons (Fsp3) is 0.333. The summed E-state index contributed by atoms with van der Waals surface area (Å²) in [6.45, 7) is 0. The number of hydrogen-bond acceptors (Lipinski definition) is 2.